The van der Waals surface area contributed by atoms with Crippen LogP contribution in [0.2, 0.25) is 0 Å². The number of benzene rings is 1. The number of rotatable bonds is 6. The highest BCUT2D eigenvalue weighted by atomic mass is 19.3. The number of carbonyl (C=O) groups excluding carboxylic acids is 1. The molecule has 1 aliphatic heterocycles. The molecule has 5 aromatic rings. The Morgan fingerprint density at radius 2 is 1.86 bits per heavy atom. The topological polar surface area (TPSA) is 120 Å². The van der Waals surface area contributed by atoms with Crippen LogP contribution in [0, 0.1) is 5.92 Å². The lowest BCUT2D eigenvalue weighted by molar-refractivity contribution is -0.136. The molecule has 2 fully saturated rings. The third-order valence-corrected chi connectivity index (χ3v) is 9.14. The van der Waals surface area contributed by atoms with Crippen LogP contribution in [0.15, 0.2) is 67.1 Å². The zero-order valence-electron chi connectivity index (χ0n) is 23.9. The van der Waals surface area contributed by atoms with Gasteiger partial charge in [0.1, 0.15) is 17.3 Å². The Bertz CT molecular complexity index is 1880. The number of amides is 1. The summed E-state index contributed by atoms with van der Waals surface area (Å²) in [6, 6.07) is 16.3. The van der Waals surface area contributed by atoms with Crippen LogP contribution >= 0.6 is 0 Å². The van der Waals surface area contributed by atoms with E-state index < -0.39 is 17.7 Å². The van der Waals surface area contributed by atoms with Crippen molar-refractivity contribution in [1.82, 2.24) is 39.5 Å². The highest BCUT2D eigenvalue weighted by Crippen LogP contribution is 2.49. The molecular formula is C32H31F2N9O. The van der Waals surface area contributed by atoms with E-state index in [0.29, 0.717) is 36.2 Å². The van der Waals surface area contributed by atoms with E-state index in [0.717, 1.165) is 42.5 Å². The number of fused-ring (bicyclic) bond motifs is 2. The van der Waals surface area contributed by atoms with Crippen LogP contribution in [0.3, 0.4) is 0 Å². The zero-order chi connectivity index (χ0) is 30.0. The lowest BCUT2D eigenvalue weighted by atomic mass is 10.0. The van der Waals surface area contributed by atoms with Gasteiger partial charge in [0.05, 0.1) is 5.56 Å². The van der Waals surface area contributed by atoms with Gasteiger partial charge in [-0.15, -0.1) is 0 Å². The highest BCUT2D eigenvalue weighted by Gasteiger charge is 2.62. The van der Waals surface area contributed by atoms with Crippen molar-refractivity contribution < 1.29 is 13.6 Å². The lowest BCUT2D eigenvalue weighted by Gasteiger charge is -2.34. The second-order valence-electron chi connectivity index (χ2n) is 11.9. The van der Waals surface area contributed by atoms with Crippen molar-refractivity contribution in [3.05, 3.63) is 78.2 Å². The molecule has 5 heterocycles. The summed E-state index contributed by atoms with van der Waals surface area (Å²) in [6.07, 6.45) is 8.32. The van der Waals surface area contributed by atoms with Crippen LogP contribution in [0.5, 0.6) is 0 Å². The number of likely N-dealkylation sites (tertiary alicyclic amines) is 1. The van der Waals surface area contributed by atoms with Gasteiger partial charge in [-0.25, -0.2) is 28.4 Å². The Hall–Kier alpha value is -4.71. The number of nitrogens with two attached hydrogens (primary N) is 1. The SMILES string of the molecule is Nc1ncccc1-c1nc2ccc(-n3cccn3)nc2n1-c1ccc2c(c1)CC[C@@H]2NC1CCN(C(=O)[C@H]2CC2(F)F)CC1. The van der Waals surface area contributed by atoms with Crippen molar-refractivity contribution in [2.45, 2.75) is 50.1 Å². The molecule has 1 aromatic carbocycles. The summed E-state index contributed by atoms with van der Waals surface area (Å²) in [5.74, 6) is -2.59. The number of nitrogens with one attached hydrogen (secondary N) is 1. The van der Waals surface area contributed by atoms with Crippen LogP contribution < -0.4 is 11.1 Å². The maximum Gasteiger partial charge on any atom is 0.260 e. The lowest BCUT2D eigenvalue weighted by Crippen LogP contribution is -2.46. The molecule has 0 radical (unpaired) electrons. The third kappa shape index (κ3) is 4.60. The van der Waals surface area contributed by atoms with Gasteiger partial charge in [-0.3, -0.25) is 9.36 Å². The van der Waals surface area contributed by atoms with E-state index in [9.17, 15) is 13.6 Å². The van der Waals surface area contributed by atoms with Gasteiger partial charge in [0.25, 0.3) is 5.92 Å². The zero-order valence-corrected chi connectivity index (χ0v) is 23.9. The summed E-state index contributed by atoms with van der Waals surface area (Å²) in [4.78, 5) is 28.2. The number of aryl methyl sites for hydroxylation is 1. The van der Waals surface area contributed by atoms with E-state index in [1.165, 1.54) is 11.1 Å². The molecule has 8 rings (SSSR count). The number of anilines is 1. The Morgan fingerprint density at radius 1 is 1.02 bits per heavy atom. The summed E-state index contributed by atoms with van der Waals surface area (Å²) in [6.45, 7) is 1.03. The standard InChI is InChI=1S/C32H31F2N9O/c33-32(34)18-24(32)31(44)41-15-10-20(11-16-41)38-25-7-4-19-17-21(5-6-22(19)25)43-29(23-3-1-12-36-28(23)35)39-26-8-9-27(40-30(26)43)42-14-2-13-37-42/h1-3,5-6,8-9,12-14,17,20,24-25,38H,4,7,10-11,15-16,18H2,(H2,35,36)/t24-,25+/m1/s1. The minimum Gasteiger partial charge on any atom is -0.383 e. The molecule has 1 saturated carbocycles. The number of carbonyl (C=O) groups is 1. The molecule has 44 heavy (non-hydrogen) atoms. The second kappa shape index (κ2) is 10.2. The summed E-state index contributed by atoms with van der Waals surface area (Å²) >= 11 is 0. The monoisotopic (exact) mass is 595 g/mol. The van der Waals surface area contributed by atoms with E-state index in [1.54, 1.807) is 22.0 Å². The molecule has 0 unspecified atom stereocenters. The summed E-state index contributed by atoms with van der Waals surface area (Å²) in [5.41, 5.74) is 11.9. The van der Waals surface area contributed by atoms with Gasteiger partial charge >= 0.3 is 0 Å². The highest BCUT2D eigenvalue weighted by molar-refractivity contribution is 5.84. The smallest absolute Gasteiger partial charge is 0.260 e. The average molecular weight is 596 g/mol. The van der Waals surface area contributed by atoms with E-state index in [4.69, 9.17) is 15.7 Å². The minimum absolute atomic E-state index is 0.191. The molecule has 0 bridgehead atoms. The molecule has 4 aromatic heterocycles. The molecule has 1 amide bonds. The van der Waals surface area contributed by atoms with Crippen LogP contribution in [-0.4, -0.2) is 65.2 Å². The van der Waals surface area contributed by atoms with E-state index in [2.05, 4.69) is 33.6 Å². The largest absolute Gasteiger partial charge is 0.383 e. The van der Waals surface area contributed by atoms with Crippen LogP contribution in [0.1, 0.15) is 42.9 Å². The number of hydrogen-bond donors (Lipinski definition) is 2. The van der Waals surface area contributed by atoms with Gasteiger partial charge in [-0.2, -0.15) is 5.10 Å². The molecule has 224 valence electrons. The molecule has 10 nitrogen and oxygen atoms in total. The van der Waals surface area contributed by atoms with E-state index >= 15 is 0 Å². The summed E-state index contributed by atoms with van der Waals surface area (Å²) < 4.78 is 30.6. The molecule has 1 saturated heterocycles. The Kier molecular flexibility index (Phi) is 6.23. The van der Waals surface area contributed by atoms with Crippen LogP contribution in [-0.2, 0) is 11.2 Å². The molecule has 3 aliphatic rings. The van der Waals surface area contributed by atoms with Gasteiger partial charge in [0, 0.05) is 55.9 Å². The minimum atomic E-state index is -2.81. The van der Waals surface area contributed by atoms with Crippen molar-refractivity contribution in [3.8, 4) is 22.9 Å². The molecule has 0 spiro atoms. The van der Waals surface area contributed by atoms with Gasteiger partial charge in [0.2, 0.25) is 5.91 Å². The van der Waals surface area contributed by atoms with E-state index in [1.807, 2.05) is 41.1 Å². The fraction of sp³-hybridized carbons (Fsp3) is 0.344. The predicted molar refractivity (Wildman–Crippen MR) is 160 cm³/mol. The number of piperidine rings is 1. The van der Waals surface area contributed by atoms with Crippen LogP contribution in [0.4, 0.5) is 14.6 Å². The third-order valence-electron chi connectivity index (χ3n) is 9.14. The summed E-state index contributed by atoms with van der Waals surface area (Å²) in [7, 11) is 0. The summed E-state index contributed by atoms with van der Waals surface area (Å²) in [5, 5.41) is 8.14. The molecule has 2 aliphatic carbocycles. The first-order valence-corrected chi connectivity index (χ1v) is 15.0. The number of alkyl halides is 2. The van der Waals surface area contributed by atoms with Crippen molar-refractivity contribution >= 4 is 22.9 Å². The number of pyridine rings is 2. The fourth-order valence-electron chi connectivity index (χ4n) is 6.68. The number of imidazole rings is 1. The number of nitrogen functional groups attached to an aromatic ring is 1. The normalized spacial score (nSPS) is 21.1. The van der Waals surface area contributed by atoms with Crippen molar-refractivity contribution in [2.75, 3.05) is 18.8 Å². The number of nitrogens with zero attached hydrogens (tertiary/aromatic N) is 7. The molecule has 12 heteroatoms. The van der Waals surface area contributed by atoms with E-state index in [-0.39, 0.29) is 18.5 Å². The van der Waals surface area contributed by atoms with Crippen molar-refractivity contribution in [3.63, 3.8) is 0 Å². The van der Waals surface area contributed by atoms with Crippen LogP contribution in [0.25, 0.3) is 34.1 Å². The first-order valence-electron chi connectivity index (χ1n) is 15.0. The second-order valence-corrected chi connectivity index (χ2v) is 11.9. The first-order chi connectivity index (χ1) is 21.4. The maximum absolute atomic E-state index is 13.4. The Morgan fingerprint density at radius 3 is 2.61 bits per heavy atom. The fourth-order valence-corrected chi connectivity index (χ4v) is 6.68. The first kappa shape index (κ1) is 26.9. The van der Waals surface area contributed by atoms with Gasteiger partial charge in [-0.05, 0) is 79.3 Å². The molecule has 2 atom stereocenters. The maximum atomic E-state index is 13.4. The number of hydrogen-bond acceptors (Lipinski definition) is 7. The average Bonchev–Trinajstić information content (AvgIpc) is 3.49. The van der Waals surface area contributed by atoms with Crippen molar-refractivity contribution in [1.29, 1.82) is 0 Å². The quantitative estimate of drug-likeness (QED) is 0.297. The van der Waals surface area contributed by atoms with Gasteiger partial charge < -0.3 is 16.0 Å². The predicted octanol–water partition coefficient (Wildman–Crippen LogP) is 4.47. The molecular weight excluding hydrogens is 564 g/mol. The van der Waals surface area contributed by atoms with Crippen molar-refractivity contribution in [2.24, 2.45) is 5.92 Å². The van der Waals surface area contributed by atoms with Gasteiger partial charge in [0.15, 0.2) is 17.3 Å². The Balaban J connectivity index is 1.08. The number of aromatic nitrogens is 6. The number of halogens is 2. The molecule has 3 N–H and O–H groups in total. The van der Waals surface area contributed by atoms with Gasteiger partial charge in [-0.1, -0.05) is 6.07 Å². The Labute approximate surface area is 251 Å².